The second-order valence-electron chi connectivity index (χ2n) is 18.2. The number of nitrogens with zero attached hydrogens (tertiary/aromatic N) is 3. The summed E-state index contributed by atoms with van der Waals surface area (Å²) >= 11 is 0. The number of rotatable bonds is 26. The molecule has 2 saturated heterocycles. The Morgan fingerprint density at radius 1 is 0.338 bits per heavy atom. The third-order valence-electron chi connectivity index (χ3n) is 12.9. The first-order valence-corrected chi connectivity index (χ1v) is 25.2. The Kier molecular flexibility index (Phi) is 19.9. The van der Waals surface area contributed by atoms with E-state index in [1.54, 1.807) is 0 Å². The van der Waals surface area contributed by atoms with Crippen LogP contribution in [0.25, 0.3) is 10.4 Å². The van der Waals surface area contributed by atoms with Crippen LogP contribution in [0.5, 0.6) is 0 Å². The lowest BCUT2D eigenvalue weighted by Gasteiger charge is -2.50. The molecule has 2 fully saturated rings. The summed E-state index contributed by atoms with van der Waals surface area (Å²) in [6, 6.07) is 69.4. The fourth-order valence-electron chi connectivity index (χ4n) is 9.12. The molecule has 13 heteroatoms. The Morgan fingerprint density at radius 2 is 0.635 bits per heavy atom. The molecular formula is C61H63N3O10. The fraction of sp³-hybridized carbons (Fsp3) is 0.311. The Labute approximate surface area is 433 Å². The van der Waals surface area contributed by atoms with Crippen LogP contribution in [0.1, 0.15) is 38.9 Å². The van der Waals surface area contributed by atoms with Gasteiger partial charge in [0.2, 0.25) is 0 Å². The summed E-state index contributed by atoms with van der Waals surface area (Å²) in [6.45, 7) is 1.78. The van der Waals surface area contributed by atoms with Gasteiger partial charge in [-0.2, -0.15) is 0 Å². The number of azide groups is 1. The molecule has 0 spiro atoms. The van der Waals surface area contributed by atoms with E-state index < -0.39 is 61.3 Å². The van der Waals surface area contributed by atoms with E-state index in [0.29, 0.717) is 6.61 Å². The van der Waals surface area contributed by atoms with E-state index in [2.05, 4.69) is 10.0 Å². The molecule has 0 unspecified atom stereocenters. The highest BCUT2D eigenvalue weighted by Gasteiger charge is 2.54. The van der Waals surface area contributed by atoms with Crippen LogP contribution in [0.15, 0.2) is 217 Å². The molecule has 2 aliphatic heterocycles. The summed E-state index contributed by atoms with van der Waals surface area (Å²) in [6.07, 6.45) is -9.19. The van der Waals surface area contributed by atoms with E-state index in [4.69, 9.17) is 47.4 Å². The van der Waals surface area contributed by atoms with Gasteiger partial charge in [-0.25, -0.2) is 0 Å². The van der Waals surface area contributed by atoms with E-state index >= 15 is 0 Å². The molecule has 0 amide bonds. The third-order valence-corrected chi connectivity index (χ3v) is 12.9. The van der Waals surface area contributed by atoms with Crippen molar-refractivity contribution in [1.82, 2.24) is 0 Å². The van der Waals surface area contributed by atoms with Crippen molar-refractivity contribution in [2.75, 3.05) is 13.2 Å². The normalized spacial score (nSPS) is 23.7. The van der Waals surface area contributed by atoms with E-state index in [1.165, 1.54) is 0 Å². The van der Waals surface area contributed by atoms with E-state index in [-0.39, 0.29) is 52.9 Å². The minimum atomic E-state index is -1.15. The van der Waals surface area contributed by atoms with Gasteiger partial charge in [-0.3, -0.25) is 0 Å². The quantitative estimate of drug-likeness (QED) is 0.0292. The van der Waals surface area contributed by atoms with Crippen molar-refractivity contribution in [3.63, 3.8) is 0 Å². The first-order valence-electron chi connectivity index (χ1n) is 25.2. The molecule has 74 heavy (non-hydrogen) atoms. The SMILES string of the molecule is [N-]=[N+]=N[C@@H]1O[C@H](COCc2ccccc2)[C@@H](O[C@@H]2O[C@H](COCc3ccccc3)[C@H](OCc3ccccc3)[C@H](OCc3ccccc3)[C@H]2OCc2ccccc2)[C@H](OCc2ccccc2)[C@H]1OCc1ccccc1. The average Bonchev–Trinajstić information content (AvgIpc) is 3.45. The second-order valence-corrected chi connectivity index (χ2v) is 18.2. The molecule has 0 bridgehead atoms. The molecule has 10 atom stereocenters. The van der Waals surface area contributed by atoms with Crippen LogP contribution in [0.3, 0.4) is 0 Å². The molecule has 9 rings (SSSR count). The standard InChI is InChI=1S/C61H63N3O10/c62-64-63-60-58(70-41-50-32-18-6-19-33-50)57(69-40-49-30-16-5-17-31-49)55(53(72-60)44-66-37-46-24-10-2-11-25-46)74-61-59(71-42-51-34-20-7-21-35-51)56(68-39-48-28-14-4-15-29-48)54(67-38-47-26-12-3-13-27-47)52(73-61)43-65-36-45-22-8-1-9-23-45/h1-35,52-61H,36-44H2/t52-,53-,54+,55-,56+,57+,58-,59-,60-,61+/m1/s1. The van der Waals surface area contributed by atoms with Gasteiger partial charge >= 0.3 is 0 Å². The topological polar surface area (TPSA) is 141 Å². The highest BCUT2D eigenvalue weighted by Crippen LogP contribution is 2.37. The lowest BCUT2D eigenvalue weighted by Crippen LogP contribution is -2.66. The molecule has 7 aromatic rings. The summed E-state index contributed by atoms with van der Waals surface area (Å²) in [4.78, 5) is 3.24. The Balaban J connectivity index is 1.12. The fourth-order valence-corrected chi connectivity index (χ4v) is 9.12. The summed E-state index contributed by atoms with van der Waals surface area (Å²) in [5.74, 6) is 0. The van der Waals surface area contributed by atoms with Gasteiger partial charge in [0, 0.05) is 4.91 Å². The summed E-state index contributed by atoms with van der Waals surface area (Å²) < 4.78 is 69.3. The number of ether oxygens (including phenoxy) is 10. The molecular weight excluding hydrogens is 935 g/mol. The van der Waals surface area contributed by atoms with Crippen LogP contribution < -0.4 is 0 Å². The second kappa shape index (κ2) is 28.2. The van der Waals surface area contributed by atoms with E-state index in [9.17, 15) is 5.53 Å². The van der Waals surface area contributed by atoms with E-state index in [0.717, 1.165) is 38.9 Å². The zero-order valence-corrected chi connectivity index (χ0v) is 41.3. The molecule has 0 N–H and O–H groups in total. The van der Waals surface area contributed by atoms with Gasteiger partial charge < -0.3 is 47.4 Å². The molecule has 13 nitrogen and oxygen atoms in total. The predicted octanol–water partition coefficient (Wildman–Crippen LogP) is 11.5. The summed E-state index contributed by atoms with van der Waals surface area (Å²) in [7, 11) is 0. The van der Waals surface area contributed by atoms with Gasteiger partial charge in [0.05, 0.1) is 59.5 Å². The smallest absolute Gasteiger partial charge is 0.187 e. The van der Waals surface area contributed by atoms with Gasteiger partial charge in [0.1, 0.15) is 48.8 Å². The van der Waals surface area contributed by atoms with Crippen molar-refractivity contribution >= 4 is 0 Å². The maximum Gasteiger partial charge on any atom is 0.187 e. The Bertz CT molecular complexity index is 2690. The molecule has 382 valence electrons. The zero-order valence-electron chi connectivity index (χ0n) is 41.3. The summed E-state index contributed by atoms with van der Waals surface area (Å²) in [5.41, 5.74) is 16.7. The van der Waals surface area contributed by atoms with Crippen LogP contribution in [0, 0.1) is 0 Å². The van der Waals surface area contributed by atoms with Crippen molar-refractivity contribution in [1.29, 1.82) is 0 Å². The van der Waals surface area contributed by atoms with Crippen molar-refractivity contribution in [2.24, 2.45) is 5.11 Å². The first kappa shape index (κ1) is 52.3. The molecule has 0 aromatic heterocycles. The van der Waals surface area contributed by atoms with E-state index in [1.807, 2.05) is 212 Å². The lowest BCUT2D eigenvalue weighted by molar-refractivity contribution is -0.363. The average molecular weight is 998 g/mol. The van der Waals surface area contributed by atoms with Crippen molar-refractivity contribution < 1.29 is 47.4 Å². The molecule has 0 aliphatic carbocycles. The monoisotopic (exact) mass is 997 g/mol. The largest absolute Gasteiger partial charge is 0.374 e. The van der Waals surface area contributed by atoms with Gasteiger partial charge in [0.15, 0.2) is 12.5 Å². The third kappa shape index (κ3) is 15.3. The highest BCUT2D eigenvalue weighted by atomic mass is 16.7. The predicted molar refractivity (Wildman–Crippen MR) is 279 cm³/mol. The van der Waals surface area contributed by atoms with Crippen LogP contribution in [0.2, 0.25) is 0 Å². The zero-order chi connectivity index (χ0) is 50.4. The number of hydrogen-bond acceptors (Lipinski definition) is 11. The Hall–Kier alpha value is -6.55. The van der Waals surface area contributed by atoms with Gasteiger partial charge in [-0.15, -0.1) is 0 Å². The van der Waals surface area contributed by atoms with Crippen LogP contribution in [0.4, 0.5) is 0 Å². The molecule has 0 radical (unpaired) electrons. The van der Waals surface area contributed by atoms with Crippen molar-refractivity contribution in [3.05, 3.63) is 262 Å². The van der Waals surface area contributed by atoms with Crippen LogP contribution in [-0.2, 0) is 93.6 Å². The first-order chi connectivity index (χ1) is 36.7. The molecule has 2 heterocycles. The van der Waals surface area contributed by atoms with Gasteiger partial charge in [-0.1, -0.05) is 217 Å². The van der Waals surface area contributed by atoms with Crippen LogP contribution in [-0.4, -0.2) is 74.6 Å². The molecule has 7 aromatic carbocycles. The number of benzene rings is 7. The maximum absolute atomic E-state index is 10.1. The minimum Gasteiger partial charge on any atom is -0.374 e. The van der Waals surface area contributed by atoms with Crippen LogP contribution >= 0.6 is 0 Å². The molecule has 0 saturated carbocycles. The van der Waals surface area contributed by atoms with Gasteiger partial charge in [0.25, 0.3) is 0 Å². The minimum absolute atomic E-state index is 0.0240. The lowest BCUT2D eigenvalue weighted by atomic mass is 9.95. The molecule has 2 aliphatic rings. The van der Waals surface area contributed by atoms with Gasteiger partial charge in [-0.05, 0) is 44.5 Å². The Morgan fingerprint density at radius 3 is 1.00 bits per heavy atom. The summed E-state index contributed by atoms with van der Waals surface area (Å²) in [5, 5.41) is 4.18. The number of hydrogen-bond donors (Lipinski definition) is 0. The maximum atomic E-state index is 10.1. The highest BCUT2D eigenvalue weighted by molar-refractivity contribution is 5.19. The van der Waals surface area contributed by atoms with Crippen molar-refractivity contribution in [2.45, 2.75) is 108 Å². The van der Waals surface area contributed by atoms with Crippen molar-refractivity contribution in [3.8, 4) is 0 Å².